The number of rotatable bonds is 6. The number of ether oxygens (including phenoxy) is 4. The number of methoxy groups -OCH3 is 4. The minimum absolute atomic E-state index is 0.707. The molecule has 4 rings (SSSR count). The molecule has 1 aliphatic rings. The first-order valence-electron chi connectivity index (χ1n) is 10.0. The first kappa shape index (κ1) is 20.0. The van der Waals surface area contributed by atoms with Crippen molar-refractivity contribution in [2.75, 3.05) is 28.4 Å². The third-order valence-electron chi connectivity index (χ3n) is 5.38. The van der Waals surface area contributed by atoms with E-state index in [1.165, 1.54) is 0 Å². The molecule has 156 valence electrons. The summed E-state index contributed by atoms with van der Waals surface area (Å²) < 4.78 is 21.9. The van der Waals surface area contributed by atoms with Gasteiger partial charge in [0.25, 0.3) is 0 Å². The summed E-state index contributed by atoms with van der Waals surface area (Å²) in [6.45, 7) is 0. The van der Waals surface area contributed by atoms with Crippen molar-refractivity contribution in [1.29, 1.82) is 0 Å². The van der Waals surface area contributed by atoms with Crippen LogP contribution in [0.15, 0.2) is 36.4 Å². The third kappa shape index (κ3) is 3.90. The quantitative estimate of drug-likeness (QED) is 0.590. The first-order chi connectivity index (χ1) is 14.6. The molecule has 1 aliphatic carbocycles. The molecular formula is C24H26N2O4. The van der Waals surface area contributed by atoms with Crippen molar-refractivity contribution in [3.8, 4) is 45.5 Å². The smallest absolute Gasteiger partial charge is 0.123 e. The minimum atomic E-state index is 0.707. The molecule has 0 atom stereocenters. The highest BCUT2D eigenvalue weighted by molar-refractivity contribution is 5.80. The fraction of sp³-hybridized carbons (Fsp3) is 0.333. The fourth-order valence-corrected chi connectivity index (χ4v) is 3.78. The van der Waals surface area contributed by atoms with E-state index in [0.717, 1.165) is 59.6 Å². The lowest BCUT2D eigenvalue weighted by molar-refractivity contribution is 0.394. The van der Waals surface area contributed by atoms with Crippen LogP contribution in [0.2, 0.25) is 0 Å². The van der Waals surface area contributed by atoms with Gasteiger partial charge >= 0.3 is 0 Å². The molecule has 3 aromatic rings. The molecule has 30 heavy (non-hydrogen) atoms. The molecule has 2 aromatic carbocycles. The van der Waals surface area contributed by atoms with Crippen LogP contribution in [-0.2, 0) is 12.8 Å². The maximum absolute atomic E-state index is 5.48. The maximum Gasteiger partial charge on any atom is 0.123 e. The van der Waals surface area contributed by atoms with Crippen LogP contribution in [0.4, 0.5) is 0 Å². The average molecular weight is 406 g/mol. The zero-order valence-corrected chi connectivity index (χ0v) is 17.8. The van der Waals surface area contributed by atoms with Gasteiger partial charge in [0, 0.05) is 23.3 Å². The highest BCUT2D eigenvalue weighted by Gasteiger charge is 2.21. The summed E-state index contributed by atoms with van der Waals surface area (Å²) in [5.41, 5.74) is 5.51. The van der Waals surface area contributed by atoms with Gasteiger partial charge in [-0.1, -0.05) is 0 Å². The van der Waals surface area contributed by atoms with Gasteiger partial charge in [0.1, 0.15) is 23.0 Å². The van der Waals surface area contributed by atoms with Gasteiger partial charge < -0.3 is 18.9 Å². The van der Waals surface area contributed by atoms with Crippen LogP contribution in [-0.4, -0.2) is 38.4 Å². The highest BCUT2D eigenvalue weighted by atomic mass is 16.5. The lowest BCUT2D eigenvalue weighted by atomic mass is 9.97. The van der Waals surface area contributed by atoms with E-state index in [4.69, 9.17) is 28.9 Å². The van der Waals surface area contributed by atoms with E-state index in [2.05, 4.69) is 0 Å². The first-order valence-corrected chi connectivity index (χ1v) is 10.0. The molecule has 6 nitrogen and oxygen atoms in total. The molecule has 1 heterocycles. The second kappa shape index (κ2) is 8.61. The zero-order valence-electron chi connectivity index (χ0n) is 17.8. The lowest BCUT2D eigenvalue weighted by Crippen LogP contribution is -2.10. The molecule has 0 N–H and O–H groups in total. The molecule has 0 spiro atoms. The Morgan fingerprint density at radius 1 is 0.533 bits per heavy atom. The van der Waals surface area contributed by atoms with Gasteiger partial charge in [0.15, 0.2) is 0 Å². The Labute approximate surface area is 176 Å². The monoisotopic (exact) mass is 406 g/mol. The second-order valence-corrected chi connectivity index (χ2v) is 7.22. The van der Waals surface area contributed by atoms with Crippen molar-refractivity contribution in [2.24, 2.45) is 0 Å². The Balaban J connectivity index is 1.97. The van der Waals surface area contributed by atoms with Gasteiger partial charge in [0.2, 0.25) is 0 Å². The number of hydrogen-bond donors (Lipinski definition) is 0. The van der Waals surface area contributed by atoms with Gasteiger partial charge in [-0.25, -0.2) is 9.97 Å². The Bertz CT molecular complexity index is 936. The average Bonchev–Trinajstić information content (AvgIpc) is 2.82. The lowest BCUT2D eigenvalue weighted by Gasteiger charge is -2.19. The van der Waals surface area contributed by atoms with Crippen molar-refractivity contribution in [3.05, 3.63) is 47.8 Å². The molecule has 0 unspecified atom stereocenters. The summed E-state index contributed by atoms with van der Waals surface area (Å²) in [6.07, 6.45) is 4.15. The van der Waals surface area contributed by atoms with E-state index >= 15 is 0 Å². The highest BCUT2D eigenvalue weighted by Crippen LogP contribution is 2.38. The molecule has 1 aromatic heterocycles. The van der Waals surface area contributed by atoms with Crippen LogP contribution in [0.5, 0.6) is 23.0 Å². The standard InChI is InChI=1S/C24H26N2O4/c1-27-17-9-15(10-18(13-17)28-2)23-24(26-22-8-6-5-7-21(22)25-23)16-11-19(29-3)14-20(12-16)30-4/h9-14H,5-8H2,1-4H3. The van der Waals surface area contributed by atoms with E-state index in [-0.39, 0.29) is 0 Å². The molecule has 6 heteroatoms. The van der Waals surface area contributed by atoms with Crippen molar-refractivity contribution in [3.63, 3.8) is 0 Å². The predicted molar refractivity (Wildman–Crippen MR) is 116 cm³/mol. The van der Waals surface area contributed by atoms with Crippen molar-refractivity contribution < 1.29 is 18.9 Å². The molecule has 0 amide bonds. The Kier molecular flexibility index (Phi) is 5.74. The van der Waals surface area contributed by atoms with Crippen LogP contribution >= 0.6 is 0 Å². The van der Waals surface area contributed by atoms with Crippen LogP contribution in [0.1, 0.15) is 24.2 Å². The van der Waals surface area contributed by atoms with E-state index in [9.17, 15) is 0 Å². The summed E-state index contributed by atoms with van der Waals surface area (Å²) in [7, 11) is 6.58. The van der Waals surface area contributed by atoms with Crippen LogP contribution in [0.3, 0.4) is 0 Å². The predicted octanol–water partition coefficient (Wildman–Crippen LogP) is 4.72. The maximum atomic E-state index is 5.48. The molecule has 0 aliphatic heterocycles. The normalized spacial score (nSPS) is 12.8. The SMILES string of the molecule is COc1cc(OC)cc(-c2nc3c(nc2-c2cc(OC)cc(OC)c2)CCCC3)c1. The van der Waals surface area contributed by atoms with Crippen LogP contribution in [0, 0.1) is 0 Å². The summed E-state index contributed by atoms with van der Waals surface area (Å²) >= 11 is 0. The Morgan fingerprint density at radius 2 is 0.867 bits per heavy atom. The van der Waals surface area contributed by atoms with Gasteiger partial charge in [0.05, 0.1) is 51.2 Å². The molecule has 0 bridgehead atoms. The number of aromatic nitrogens is 2. The molecular weight excluding hydrogens is 380 g/mol. The Hall–Kier alpha value is -3.28. The largest absolute Gasteiger partial charge is 0.497 e. The molecule has 0 saturated carbocycles. The zero-order chi connectivity index (χ0) is 21.1. The van der Waals surface area contributed by atoms with Gasteiger partial charge in [-0.15, -0.1) is 0 Å². The molecule has 0 radical (unpaired) electrons. The topological polar surface area (TPSA) is 62.7 Å². The fourth-order valence-electron chi connectivity index (χ4n) is 3.78. The summed E-state index contributed by atoms with van der Waals surface area (Å²) in [5.74, 6) is 2.83. The Morgan fingerprint density at radius 3 is 1.17 bits per heavy atom. The third-order valence-corrected chi connectivity index (χ3v) is 5.38. The van der Waals surface area contributed by atoms with Gasteiger partial charge in [-0.3, -0.25) is 0 Å². The van der Waals surface area contributed by atoms with E-state index in [0.29, 0.717) is 23.0 Å². The van der Waals surface area contributed by atoms with Crippen molar-refractivity contribution >= 4 is 0 Å². The van der Waals surface area contributed by atoms with Gasteiger partial charge in [-0.05, 0) is 49.9 Å². The van der Waals surface area contributed by atoms with Crippen LogP contribution in [0.25, 0.3) is 22.5 Å². The van der Waals surface area contributed by atoms with E-state index in [1.807, 2.05) is 36.4 Å². The van der Waals surface area contributed by atoms with E-state index < -0.39 is 0 Å². The summed E-state index contributed by atoms with van der Waals surface area (Å²) in [4.78, 5) is 10.1. The van der Waals surface area contributed by atoms with Gasteiger partial charge in [-0.2, -0.15) is 0 Å². The second-order valence-electron chi connectivity index (χ2n) is 7.22. The number of aryl methyl sites for hydroxylation is 2. The van der Waals surface area contributed by atoms with E-state index in [1.54, 1.807) is 28.4 Å². The van der Waals surface area contributed by atoms with Crippen molar-refractivity contribution in [1.82, 2.24) is 9.97 Å². The van der Waals surface area contributed by atoms with Crippen molar-refractivity contribution in [2.45, 2.75) is 25.7 Å². The molecule has 0 fully saturated rings. The number of fused-ring (bicyclic) bond motifs is 1. The number of benzene rings is 2. The van der Waals surface area contributed by atoms with Crippen LogP contribution < -0.4 is 18.9 Å². The molecule has 0 saturated heterocycles. The summed E-state index contributed by atoms with van der Waals surface area (Å²) in [5, 5.41) is 0. The number of nitrogens with zero attached hydrogens (tertiary/aromatic N) is 2. The minimum Gasteiger partial charge on any atom is -0.497 e. The summed E-state index contributed by atoms with van der Waals surface area (Å²) in [6, 6.07) is 11.5. The number of hydrogen-bond acceptors (Lipinski definition) is 6.